The number of nitrogens with zero attached hydrogens (tertiary/aromatic N) is 2. The summed E-state index contributed by atoms with van der Waals surface area (Å²) in [5.74, 6) is 0. The molecular weight excluding hydrogens is 300 g/mol. The summed E-state index contributed by atoms with van der Waals surface area (Å²) in [6.07, 6.45) is 0. The van der Waals surface area contributed by atoms with E-state index in [0.717, 1.165) is 0 Å². The van der Waals surface area contributed by atoms with Gasteiger partial charge in [-0.1, -0.05) is 0 Å². The number of hydrogen-bond acceptors (Lipinski definition) is 2. The molecule has 0 radical (unpaired) electrons. The van der Waals surface area contributed by atoms with Gasteiger partial charge in [-0.2, -0.15) is 0 Å². The molecule has 2 unspecified atom stereocenters. The van der Waals surface area contributed by atoms with E-state index in [1.54, 1.807) is 0 Å². The van der Waals surface area contributed by atoms with E-state index in [4.69, 9.17) is 0 Å². The zero-order valence-electron chi connectivity index (χ0n) is 11.5. The van der Waals surface area contributed by atoms with E-state index in [2.05, 4.69) is 61.7 Å². The van der Waals surface area contributed by atoms with Gasteiger partial charge in [0.2, 0.25) is 0 Å². The standard InChI is InChI=1S/C12H26N2Te/c1-9-10(2)14(12(6,7)8)15-13(9)11(3,4)5/h9-10H,1-8H3. The molecule has 2 nitrogen and oxygen atoms in total. The Kier molecular flexibility index (Phi) is 3.84. The fourth-order valence-electron chi connectivity index (χ4n) is 2.10. The van der Waals surface area contributed by atoms with Gasteiger partial charge in [0, 0.05) is 0 Å². The fraction of sp³-hybridized carbons (Fsp3) is 1.00. The SMILES string of the molecule is CC1C(C)N(C(C)(C)C)[Te]N1C(C)(C)C. The second-order valence-electron chi connectivity index (χ2n) is 6.56. The van der Waals surface area contributed by atoms with Gasteiger partial charge in [-0.15, -0.1) is 0 Å². The minimum absolute atomic E-state index is 0.179. The van der Waals surface area contributed by atoms with Crippen LogP contribution in [0, 0.1) is 0 Å². The summed E-state index contributed by atoms with van der Waals surface area (Å²) in [6.45, 7) is 18.8. The average molecular weight is 326 g/mol. The monoisotopic (exact) mass is 328 g/mol. The van der Waals surface area contributed by atoms with E-state index in [1.807, 2.05) is 0 Å². The first-order chi connectivity index (χ1) is 6.55. The van der Waals surface area contributed by atoms with Crippen LogP contribution in [-0.2, 0) is 0 Å². The van der Waals surface area contributed by atoms with E-state index < -0.39 is 0 Å². The summed E-state index contributed by atoms with van der Waals surface area (Å²) in [6, 6.07) is 1.40. The van der Waals surface area contributed by atoms with Crippen LogP contribution in [0.15, 0.2) is 0 Å². The predicted molar refractivity (Wildman–Crippen MR) is 67.9 cm³/mol. The van der Waals surface area contributed by atoms with Gasteiger partial charge in [-0.25, -0.2) is 0 Å². The maximum absolute atomic E-state index is 2.73. The van der Waals surface area contributed by atoms with Crippen molar-refractivity contribution in [3.05, 3.63) is 0 Å². The Bertz CT molecular complexity index is 203. The van der Waals surface area contributed by atoms with Gasteiger partial charge in [0.05, 0.1) is 0 Å². The Morgan fingerprint density at radius 1 is 0.733 bits per heavy atom. The summed E-state index contributed by atoms with van der Waals surface area (Å²) >= 11 is -0.179. The average Bonchev–Trinajstić information content (AvgIpc) is 2.26. The van der Waals surface area contributed by atoms with Crippen LogP contribution in [0.4, 0.5) is 0 Å². The van der Waals surface area contributed by atoms with E-state index in [0.29, 0.717) is 23.2 Å². The molecule has 0 saturated carbocycles. The molecule has 0 bridgehead atoms. The topological polar surface area (TPSA) is 6.48 Å². The summed E-state index contributed by atoms with van der Waals surface area (Å²) in [5, 5.41) is 0. The van der Waals surface area contributed by atoms with Crippen molar-refractivity contribution in [1.29, 1.82) is 0 Å². The van der Waals surface area contributed by atoms with Crippen molar-refractivity contribution < 1.29 is 0 Å². The summed E-state index contributed by atoms with van der Waals surface area (Å²) in [7, 11) is 0. The van der Waals surface area contributed by atoms with E-state index in [9.17, 15) is 0 Å². The third-order valence-electron chi connectivity index (χ3n) is 2.94. The first-order valence-corrected chi connectivity index (χ1v) is 7.90. The van der Waals surface area contributed by atoms with E-state index in [-0.39, 0.29) is 21.5 Å². The first kappa shape index (κ1) is 13.8. The molecule has 0 aromatic carbocycles. The molecule has 1 fully saturated rings. The predicted octanol–water partition coefficient (Wildman–Crippen LogP) is 2.51. The van der Waals surface area contributed by atoms with Gasteiger partial charge in [0.1, 0.15) is 0 Å². The summed E-state index contributed by atoms with van der Waals surface area (Å²) in [4.78, 5) is 0. The molecule has 1 heterocycles. The molecule has 0 amide bonds. The Labute approximate surface area is 106 Å². The Morgan fingerprint density at radius 3 is 1.13 bits per heavy atom. The molecule has 0 aliphatic carbocycles. The Balaban J connectivity index is 2.86. The zero-order chi connectivity index (χ0) is 12.0. The molecule has 3 heteroatoms. The van der Waals surface area contributed by atoms with Crippen LogP contribution in [0.3, 0.4) is 0 Å². The quantitative estimate of drug-likeness (QED) is 0.631. The van der Waals surface area contributed by atoms with Gasteiger partial charge in [0.15, 0.2) is 0 Å². The fourth-order valence-corrected chi connectivity index (χ4v) is 5.90. The van der Waals surface area contributed by atoms with Crippen LogP contribution in [0.1, 0.15) is 55.4 Å². The third kappa shape index (κ3) is 2.88. The Morgan fingerprint density at radius 2 is 1.00 bits per heavy atom. The molecule has 90 valence electrons. The molecule has 0 spiro atoms. The van der Waals surface area contributed by atoms with Crippen LogP contribution in [-0.4, -0.2) is 50.9 Å². The van der Waals surface area contributed by atoms with Gasteiger partial charge in [-0.3, -0.25) is 0 Å². The van der Waals surface area contributed by atoms with Crippen molar-refractivity contribution in [2.45, 2.75) is 78.6 Å². The number of hydrogen-bond donors (Lipinski definition) is 0. The summed E-state index contributed by atoms with van der Waals surface area (Å²) < 4.78 is 5.46. The molecule has 1 saturated heterocycles. The third-order valence-corrected chi connectivity index (χ3v) is 8.97. The summed E-state index contributed by atoms with van der Waals surface area (Å²) in [5.41, 5.74) is 0.659. The normalized spacial score (nSPS) is 31.2. The van der Waals surface area contributed by atoms with Crippen LogP contribution in [0.2, 0.25) is 0 Å². The molecule has 1 aliphatic rings. The maximum atomic E-state index is 2.73. The molecule has 0 aromatic rings. The zero-order valence-corrected chi connectivity index (χ0v) is 13.8. The van der Waals surface area contributed by atoms with Crippen LogP contribution in [0.5, 0.6) is 0 Å². The second-order valence-corrected chi connectivity index (χ2v) is 9.27. The number of rotatable bonds is 0. The van der Waals surface area contributed by atoms with Crippen molar-refractivity contribution >= 4 is 21.5 Å². The van der Waals surface area contributed by atoms with Crippen LogP contribution < -0.4 is 0 Å². The molecule has 15 heavy (non-hydrogen) atoms. The van der Waals surface area contributed by atoms with Crippen molar-refractivity contribution in [2.75, 3.05) is 0 Å². The van der Waals surface area contributed by atoms with Crippen LogP contribution in [0.25, 0.3) is 0 Å². The van der Waals surface area contributed by atoms with E-state index in [1.165, 1.54) is 0 Å². The van der Waals surface area contributed by atoms with Gasteiger partial charge < -0.3 is 0 Å². The van der Waals surface area contributed by atoms with Crippen molar-refractivity contribution in [1.82, 2.24) is 6.30 Å². The second kappa shape index (κ2) is 4.18. The van der Waals surface area contributed by atoms with Gasteiger partial charge in [-0.05, 0) is 0 Å². The molecule has 0 aromatic heterocycles. The van der Waals surface area contributed by atoms with Crippen molar-refractivity contribution in [2.24, 2.45) is 0 Å². The van der Waals surface area contributed by atoms with Crippen LogP contribution >= 0.6 is 0 Å². The van der Waals surface area contributed by atoms with Crippen molar-refractivity contribution in [3.63, 3.8) is 0 Å². The van der Waals surface area contributed by atoms with Crippen molar-refractivity contribution in [3.8, 4) is 0 Å². The minimum atomic E-state index is -0.179. The molecule has 0 N–H and O–H groups in total. The molecule has 1 rings (SSSR count). The first-order valence-electron chi connectivity index (χ1n) is 5.82. The molecule has 2 atom stereocenters. The molecular formula is C12H26N2Te. The van der Waals surface area contributed by atoms with Gasteiger partial charge >= 0.3 is 106 Å². The van der Waals surface area contributed by atoms with E-state index >= 15 is 0 Å². The Hall–Kier alpha value is 0.710. The molecule has 1 aliphatic heterocycles. The van der Waals surface area contributed by atoms with Gasteiger partial charge in [0.25, 0.3) is 0 Å².